The molecule has 6 nitrogen and oxygen atoms in total. The van der Waals surface area contributed by atoms with E-state index in [0.717, 1.165) is 17.5 Å². The lowest BCUT2D eigenvalue weighted by molar-refractivity contribution is 0.0728. The fourth-order valence-electron chi connectivity index (χ4n) is 3.47. The van der Waals surface area contributed by atoms with Crippen molar-refractivity contribution in [3.05, 3.63) is 64.3 Å². The zero-order chi connectivity index (χ0) is 19.7. The molecule has 0 saturated carbocycles. The van der Waals surface area contributed by atoms with Crippen LogP contribution in [0.2, 0.25) is 5.02 Å². The third-order valence-corrected chi connectivity index (χ3v) is 5.29. The van der Waals surface area contributed by atoms with Gasteiger partial charge in [0, 0.05) is 18.7 Å². The number of halogens is 1. The Balaban J connectivity index is 1.57. The number of nitrogens with one attached hydrogen (secondary N) is 1. The minimum atomic E-state index is -0.0914. The van der Waals surface area contributed by atoms with E-state index in [1.165, 1.54) is 5.56 Å². The number of amides is 1. The number of fused-ring (bicyclic) bond motifs is 1. The smallest absolute Gasteiger partial charge is 0.272 e. The molecule has 0 radical (unpaired) electrons. The Bertz CT molecular complexity index is 1030. The highest BCUT2D eigenvalue weighted by Gasteiger charge is 2.25. The molecule has 0 saturated heterocycles. The maximum Gasteiger partial charge on any atom is 0.272 e. The highest BCUT2D eigenvalue weighted by molar-refractivity contribution is 6.33. The number of nitrogens with zero attached hydrogens (tertiary/aromatic N) is 2. The van der Waals surface area contributed by atoms with Crippen LogP contribution in [-0.2, 0) is 13.0 Å². The van der Waals surface area contributed by atoms with E-state index < -0.39 is 0 Å². The van der Waals surface area contributed by atoms with Gasteiger partial charge in [0.1, 0.15) is 5.69 Å². The third-order valence-electron chi connectivity index (χ3n) is 4.96. The summed E-state index contributed by atoms with van der Waals surface area (Å²) in [5.74, 6) is 1.28. The molecule has 4 rings (SSSR count). The number of hydrogen-bond acceptors (Lipinski definition) is 4. The minimum absolute atomic E-state index is 0.0914. The van der Waals surface area contributed by atoms with Crippen molar-refractivity contribution in [1.29, 1.82) is 0 Å². The summed E-state index contributed by atoms with van der Waals surface area (Å²) in [5.41, 5.74) is 4.11. The standard InChI is InChI=1S/C21H20ClN3O3/c1-27-19-9-13-7-8-25(12-14(13)10-20(19)28-2)21(26)18-11-17(23-24-18)15-5-3-4-6-16(15)22/h3-6,9-11H,7-8,12H2,1-2H3,(H,23,24). The Labute approximate surface area is 168 Å². The summed E-state index contributed by atoms with van der Waals surface area (Å²) in [5, 5.41) is 7.71. The van der Waals surface area contributed by atoms with E-state index >= 15 is 0 Å². The van der Waals surface area contributed by atoms with E-state index in [9.17, 15) is 4.79 Å². The Morgan fingerprint density at radius 1 is 1.11 bits per heavy atom. The number of hydrogen-bond donors (Lipinski definition) is 1. The Kier molecular flexibility index (Phi) is 4.96. The first-order valence-electron chi connectivity index (χ1n) is 8.94. The van der Waals surface area contributed by atoms with E-state index in [1.54, 1.807) is 31.3 Å². The van der Waals surface area contributed by atoms with Crippen LogP contribution in [0.4, 0.5) is 0 Å². The molecular formula is C21H20ClN3O3. The van der Waals surface area contributed by atoms with Crippen molar-refractivity contribution in [2.75, 3.05) is 20.8 Å². The molecule has 1 amide bonds. The number of ether oxygens (including phenoxy) is 2. The topological polar surface area (TPSA) is 67.5 Å². The molecule has 1 aliphatic heterocycles. The molecule has 0 atom stereocenters. The van der Waals surface area contributed by atoms with E-state index in [-0.39, 0.29) is 5.91 Å². The molecule has 144 valence electrons. The number of aromatic nitrogens is 2. The van der Waals surface area contributed by atoms with Gasteiger partial charge >= 0.3 is 0 Å². The van der Waals surface area contributed by atoms with Crippen LogP contribution in [0.25, 0.3) is 11.3 Å². The maximum absolute atomic E-state index is 13.0. The molecule has 7 heteroatoms. The van der Waals surface area contributed by atoms with Crippen LogP contribution in [0.3, 0.4) is 0 Å². The lowest BCUT2D eigenvalue weighted by Crippen LogP contribution is -2.36. The summed E-state index contributed by atoms with van der Waals surface area (Å²) in [6.07, 6.45) is 0.757. The van der Waals surface area contributed by atoms with E-state index in [4.69, 9.17) is 21.1 Å². The molecule has 3 aromatic rings. The van der Waals surface area contributed by atoms with Crippen molar-refractivity contribution in [3.63, 3.8) is 0 Å². The summed E-state index contributed by atoms with van der Waals surface area (Å²) in [7, 11) is 3.23. The second-order valence-electron chi connectivity index (χ2n) is 6.60. The van der Waals surface area contributed by atoms with Gasteiger partial charge in [-0.1, -0.05) is 29.8 Å². The van der Waals surface area contributed by atoms with E-state index in [0.29, 0.717) is 41.0 Å². The second kappa shape index (κ2) is 7.56. The summed E-state index contributed by atoms with van der Waals surface area (Å²) < 4.78 is 10.8. The number of aromatic amines is 1. The van der Waals surface area contributed by atoms with Gasteiger partial charge in [-0.15, -0.1) is 0 Å². The quantitative estimate of drug-likeness (QED) is 0.723. The number of methoxy groups -OCH3 is 2. The zero-order valence-electron chi connectivity index (χ0n) is 15.7. The zero-order valence-corrected chi connectivity index (χ0v) is 16.4. The minimum Gasteiger partial charge on any atom is -0.493 e. The average molecular weight is 398 g/mol. The monoisotopic (exact) mass is 397 g/mol. The molecule has 0 bridgehead atoms. The Morgan fingerprint density at radius 2 is 1.82 bits per heavy atom. The van der Waals surface area contributed by atoms with Crippen molar-refractivity contribution < 1.29 is 14.3 Å². The largest absolute Gasteiger partial charge is 0.493 e. The Morgan fingerprint density at radius 3 is 2.54 bits per heavy atom. The van der Waals surface area contributed by atoms with Gasteiger partial charge in [0.25, 0.3) is 5.91 Å². The number of carbonyl (C=O) groups is 1. The van der Waals surface area contributed by atoms with E-state index in [2.05, 4.69) is 10.2 Å². The highest BCUT2D eigenvalue weighted by atomic mass is 35.5. The highest BCUT2D eigenvalue weighted by Crippen LogP contribution is 2.33. The van der Waals surface area contributed by atoms with Gasteiger partial charge in [-0.2, -0.15) is 5.10 Å². The second-order valence-corrected chi connectivity index (χ2v) is 7.01. The first-order chi connectivity index (χ1) is 13.6. The first kappa shape index (κ1) is 18.4. The van der Waals surface area contributed by atoms with Gasteiger partial charge in [0.05, 0.1) is 24.9 Å². The summed E-state index contributed by atoms with van der Waals surface area (Å²) in [6, 6.07) is 13.1. The molecule has 2 aromatic carbocycles. The van der Waals surface area contributed by atoms with Crippen LogP contribution in [0.15, 0.2) is 42.5 Å². The number of carbonyl (C=O) groups excluding carboxylic acids is 1. The van der Waals surface area contributed by atoms with Gasteiger partial charge in [-0.25, -0.2) is 0 Å². The van der Waals surface area contributed by atoms with Crippen LogP contribution < -0.4 is 9.47 Å². The number of rotatable bonds is 4. The van der Waals surface area contributed by atoms with Gasteiger partial charge in [-0.3, -0.25) is 9.89 Å². The van der Waals surface area contributed by atoms with Crippen molar-refractivity contribution >= 4 is 17.5 Å². The van der Waals surface area contributed by atoms with Gasteiger partial charge in [0.2, 0.25) is 0 Å². The average Bonchev–Trinajstić information content (AvgIpc) is 3.22. The van der Waals surface area contributed by atoms with Crippen molar-refractivity contribution in [1.82, 2.24) is 15.1 Å². The van der Waals surface area contributed by atoms with Crippen LogP contribution in [0, 0.1) is 0 Å². The molecule has 1 aliphatic rings. The van der Waals surface area contributed by atoms with Crippen LogP contribution in [-0.4, -0.2) is 41.8 Å². The van der Waals surface area contributed by atoms with Gasteiger partial charge in [0.15, 0.2) is 11.5 Å². The fraction of sp³-hybridized carbons (Fsp3) is 0.238. The van der Waals surface area contributed by atoms with Crippen molar-refractivity contribution in [2.24, 2.45) is 0 Å². The Hall–Kier alpha value is -2.99. The molecule has 0 fully saturated rings. The normalized spacial score (nSPS) is 13.2. The number of benzene rings is 2. The lowest BCUT2D eigenvalue weighted by Gasteiger charge is -2.29. The SMILES string of the molecule is COc1cc2c(cc1OC)CN(C(=O)c1cc(-c3ccccc3Cl)n[nH]1)CC2. The predicted octanol–water partition coefficient (Wildman–Crippen LogP) is 3.95. The molecule has 0 spiro atoms. The molecule has 1 N–H and O–H groups in total. The third kappa shape index (κ3) is 3.31. The molecular weight excluding hydrogens is 378 g/mol. The lowest BCUT2D eigenvalue weighted by atomic mass is 9.98. The first-order valence-corrected chi connectivity index (χ1v) is 9.32. The molecule has 28 heavy (non-hydrogen) atoms. The van der Waals surface area contributed by atoms with Gasteiger partial charge in [-0.05, 0) is 41.8 Å². The number of H-pyrrole nitrogens is 1. The van der Waals surface area contributed by atoms with Crippen molar-refractivity contribution in [2.45, 2.75) is 13.0 Å². The van der Waals surface area contributed by atoms with Crippen LogP contribution in [0.1, 0.15) is 21.6 Å². The summed E-state index contributed by atoms with van der Waals surface area (Å²) in [4.78, 5) is 14.8. The molecule has 2 heterocycles. The molecule has 0 aliphatic carbocycles. The summed E-state index contributed by atoms with van der Waals surface area (Å²) in [6.45, 7) is 1.14. The van der Waals surface area contributed by atoms with Gasteiger partial charge < -0.3 is 14.4 Å². The van der Waals surface area contributed by atoms with Crippen LogP contribution in [0.5, 0.6) is 11.5 Å². The predicted molar refractivity (Wildman–Crippen MR) is 107 cm³/mol. The van der Waals surface area contributed by atoms with E-state index in [1.807, 2.05) is 30.3 Å². The fourth-order valence-corrected chi connectivity index (χ4v) is 3.70. The molecule has 0 unspecified atom stereocenters. The van der Waals surface area contributed by atoms with Crippen molar-refractivity contribution in [3.8, 4) is 22.8 Å². The van der Waals surface area contributed by atoms with Crippen LogP contribution >= 0.6 is 11.6 Å². The maximum atomic E-state index is 13.0. The summed E-state index contributed by atoms with van der Waals surface area (Å²) >= 11 is 6.23. The molecule has 1 aromatic heterocycles.